The third-order valence-electron chi connectivity index (χ3n) is 2.75. The van der Waals surface area contributed by atoms with Crippen molar-refractivity contribution >= 4 is 10.0 Å². The fraction of sp³-hybridized carbons (Fsp3) is 0.636. The van der Waals surface area contributed by atoms with Crippen molar-refractivity contribution in [3.63, 3.8) is 0 Å². The Kier molecular flexibility index (Phi) is 5.21. The standard InChI is InChI=1S/C11H20N4O3S/c1-7(13-5-4-6-19(12,17)18)10-8(2)14-9(3)15-11(10)16/h7,13H,4-6H2,1-3H3,(H2,12,17,18)(H,14,15,16). The maximum atomic E-state index is 11.8. The van der Waals surface area contributed by atoms with Gasteiger partial charge < -0.3 is 10.3 Å². The van der Waals surface area contributed by atoms with E-state index in [1.54, 1.807) is 13.8 Å². The molecular weight excluding hydrogens is 268 g/mol. The summed E-state index contributed by atoms with van der Waals surface area (Å²) in [6, 6.07) is -0.197. The van der Waals surface area contributed by atoms with E-state index in [9.17, 15) is 13.2 Å². The van der Waals surface area contributed by atoms with Crippen LogP contribution in [0.4, 0.5) is 0 Å². The number of hydrogen-bond donors (Lipinski definition) is 3. The molecule has 108 valence electrons. The number of sulfonamides is 1. The fourth-order valence-electron chi connectivity index (χ4n) is 1.94. The van der Waals surface area contributed by atoms with Gasteiger partial charge in [-0.25, -0.2) is 18.5 Å². The number of H-pyrrole nitrogens is 1. The van der Waals surface area contributed by atoms with Gasteiger partial charge in [0, 0.05) is 11.7 Å². The molecule has 1 aromatic heterocycles. The molecule has 1 aromatic rings. The van der Waals surface area contributed by atoms with Crippen LogP contribution >= 0.6 is 0 Å². The summed E-state index contributed by atoms with van der Waals surface area (Å²) in [6.45, 7) is 5.80. The number of primary sulfonamides is 1. The molecular formula is C11H20N4O3S. The first-order chi connectivity index (χ1) is 8.70. The summed E-state index contributed by atoms with van der Waals surface area (Å²) in [7, 11) is -3.43. The van der Waals surface area contributed by atoms with Gasteiger partial charge in [-0.15, -0.1) is 0 Å². The molecule has 8 heteroatoms. The lowest BCUT2D eigenvalue weighted by Crippen LogP contribution is -2.29. The Hall–Kier alpha value is -1.25. The van der Waals surface area contributed by atoms with E-state index in [0.717, 1.165) is 0 Å². The molecule has 0 bridgehead atoms. The minimum Gasteiger partial charge on any atom is -0.310 e. The van der Waals surface area contributed by atoms with Crippen molar-refractivity contribution in [1.82, 2.24) is 15.3 Å². The third-order valence-corrected chi connectivity index (χ3v) is 3.61. The second-order valence-corrected chi connectivity index (χ2v) is 6.28. The van der Waals surface area contributed by atoms with Gasteiger partial charge in [0.05, 0.1) is 11.3 Å². The number of aromatic amines is 1. The number of nitrogens with two attached hydrogens (primary N) is 1. The molecule has 1 heterocycles. The van der Waals surface area contributed by atoms with Gasteiger partial charge in [-0.2, -0.15) is 0 Å². The molecule has 0 amide bonds. The van der Waals surface area contributed by atoms with Crippen LogP contribution in [-0.4, -0.2) is 30.7 Å². The van der Waals surface area contributed by atoms with E-state index >= 15 is 0 Å². The first-order valence-corrected chi connectivity index (χ1v) is 7.73. The van der Waals surface area contributed by atoms with Crippen LogP contribution in [0.25, 0.3) is 0 Å². The normalized spacial score (nSPS) is 13.5. The monoisotopic (exact) mass is 288 g/mol. The van der Waals surface area contributed by atoms with Gasteiger partial charge in [0.25, 0.3) is 5.56 Å². The maximum Gasteiger partial charge on any atom is 0.255 e. The predicted molar refractivity (Wildman–Crippen MR) is 73.3 cm³/mol. The highest BCUT2D eigenvalue weighted by Crippen LogP contribution is 2.10. The molecule has 7 nitrogen and oxygen atoms in total. The first kappa shape index (κ1) is 15.8. The first-order valence-electron chi connectivity index (χ1n) is 6.02. The molecule has 0 aliphatic rings. The predicted octanol–water partition coefficient (Wildman–Crippen LogP) is -0.284. The molecule has 0 aromatic carbocycles. The highest BCUT2D eigenvalue weighted by molar-refractivity contribution is 7.89. The lowest BCUT2D eigenvalue weighted by Gasteiger charge is -2.15. The molecule has 0 aliphatic carbocycles. The van der Waals surface area contributed by atoms with E-state index in [4.69, 9.17) is 5.14 Å². The molecule has 19 heavy (non-hydrogen) atoms. The molecule has 0 fully saturated rings. The Balaban J connectivity index is 2.64. The van der Waals surface area contributed by atoms with E-state index in [1.807, 2.05) is 6.92 Å². The molecule has 0 radical (unpaired) electrons. The highest BCUT2D eigenvalue weighted by Gasteiger charge is 2.14. The Labute approximate surface area is 112 Å². The van der Waals surface area contributed by atoms with Gasteiger partial charge >= 0.3 is 0 Å². The number of aromatic nitrogens is 2. The smallest absolute Gasteiger partial charge is 0.255 e. The van der Waals surface area contributed by atoms with E-state index in [-0.39, 0.29) is 17.4 Å². The van der Waals surface area contributed by atoms with E-state index < -0.39 is 10.0 Å². The lowest BCUT2D eigenvalue weighted by molar-refractivity contribution is 0.552. The van der Waals surface area contributed by atoms with Gasteiger partial charge in [0.1, 0.15) is 5.82 Å². The molecule has 1 rings (SSSR count). The Morgan fingerprint density at radius 3 is 2.58 bits per heavy atom. The second kappa shape index (κ2) is 6.27. The summed E-state index contributed by atoms with van der Waals surface area (Å²) < 4.78 is 21.6. The van der Waals surface area contributed by atoms with Gasteiger partial charge in [0.2, 0.25) is 10.0 Å². The number of rotatable bonds is 6. The topological polar surface area (TPSA) is 118 Å². The minimum absolute atomic E-state index is 0.0752. The number of nitrogens with zero attached hydrogens (tertiary/aromatic N) is 1. The van der Waals surface area contributed by atoms with Gasteiger partial charge in [-0.1, -0.05) is 0 Å². The van der Waals surface area contributed by atoms with Gasteiger partial charge in [0.15, 0.2) is 0 Å². The highest BCUT2D eigenvalue weighted by atomic mass is 32.2. The van der Waals surface area contributed by atoms with E-state index in [2.05, 4.69) is 15.3 Å². The quantitative estimate of drug-likeness (QED) is 0.622. The summed E-state index contributed by atoms with van der Waals surface area (Å²) in [5.41, 5.74) is 1.07. The molecule has 1 unspecified atom stereocenters. The van der Waals surface area contributed by atoms with Crippen molar-refractivity contribution in [2.45, 2.75) is 33.2 Å². The SMILES string of the molecule is Cc1nc(C)c(C(C)NCCCS(N)(=O)=O)c(=O)[nH]1. The summed E-state index contributed by atoms with van der Waals surface area (Å²) in [5, 5.41) is 8.00. The zero-order valence-corrected chi connectivity index (χ0v) is 12.2. The lowest BCUT2D eigenvalue weighted by atomic mass is 10.1. The molecule has 0 saturated heterocycles. The molecule has 4 N–H and O–H groups in total. The average Bonchev–Trinajstić information content (AvgIpc) is 2.21. The second-order valence-electron chi connectivity index (χ2n) is 4.55. The van der Waals surface area contributed by atoms with Crippen LogP contribution in [0.1, 0.15) is 36.5 Å². The number of nitrogens with one attached hydrogen (secondary N) is 2. The van der Waals surface area contributed by atoms with Crippen molar-refractivity contribution in [3.05, 3.63) is 27.4 Å². The van der Waals surface area contributed by atoms with Gasteiger partial charge in [-0.3, -0.25) is 4.79 Å². The molecule has 0 saturated carbocycles. The zero-order valence-electron chi connectivity index (χ0n) is 11.4. The Bertz CT molecular complexity index is 594. The van der Waals surface area contributed by atoms with Crippen molar-refractivity contribution in [2.24, 2.45) is 5.14 Å². The van der Waals surface area contributed by atoms with Crippen molar-refractivity contribution in [3.8, 4) is 0 Å². The maximum absolute atomic E-state index is 11.8. The zero-order chi connectivity index (χ0) is 14.6. The minimum atomic E-state index is -3.43. The van der Waals surface area contributed by atoms with Crippen LogP contribution in [-0.2, 0) is 10.0 Å². The number of aryl methyl sites for hydroxylation is 2. The van der Waals surface area contributed by atoms with Crippen LogP contribution in [0, 0.1) is 13.8 Å². The summed E-state index contributed by atoms with van der Waals surface area (Å²) in [6.07, 6.45) is 0.402. The van der Waals surface area contributed by atoms with Crippen LogP contribution < -0.4 is 16.0 Å². The average molecular weight is 288 g/mol. The van der Waals surface area contributed by atoms with E-state index in [1.165, 1.54) is 0 Å². The molecule has 0 aliphatic heterocycles. The molecule has 0 spiro atoms. The Morgan fingerprint density at radius 2 is 2.05 bits per heavy atom. The molecule has 1 atom stereocenters. The van der Waals surface area contributed by atoms with Crippen LogP contribution in [0.15, 0.2) is 4.79 Å². The van der Waals surface area contributed by atoms with Crippen molar-refractivity contribution < 1.29 is 8.42 Å². The Morgan fingerprint density at radius 1 is 1.42 bits per heavy atom. The van der Waals surface area contributed by atoms with Crippen LogP contribution in [0.3, 0.4) is 0 Å². The summed E-state index contributed by atoms with van der Waals surface area (Å²) >= 11 is 0. The fourth-order valence-corrected chi connectivity index (χ4v) is 2.49. The summed E-state index contributed by atoms with van der Waals surface area (Å²) in [4.78, 5) is 18.7. The van der Waals surface area contributed by atoms with E-state index in [0.29, 0.717) is 30.0 Å². The largest absolute Gasteiger partial charge is 0.310 e. The van der Waals surface area contributed by atoms with Crippen molar-refractivity contribution in [1.29, 1.82) is 0 Å². The van der Waals surface area contributed by atoms with Gasteiger partial charge in [-0.05, 0) is 33.7 Å². The third kappa shape index (κ3) is 5.09. The summed E-state index contributed by atoms with van der Waals surface area (Å²) in [5.74, 6) is 0.501. The van der Waals surface area contributed by atoms with Crippen LogP contribution in [0.5, 0.6) is 0 Å². The van der Waals surface area contributed by atoms with Crippen molar-refractivity contribution in [2.75, 3.05) is 12.3 Å². The number of hydrogen-bond acceptors (Lipinski definition) is 5. The van der Waals surface area contributed by atoms with Crippen LogP contribution in [0.2, 0.25) is 0 Å².